The summed E-state index contributed by atoms with van der Waals surface area (Å²) in [7, 11) is 2.99. The van der Waals surface area contributed by atoms with Crippen molar-refractivity contribution in [1.82, 2.24) is 4.98 Å². The third-order valence-corrected chi connectivity index (χ3v) is 4.11. The molecule has 6 heteroatoms. The van der Waals surface area contributed by atoms with E-state index < -0.39 is 5.92 Å². The zero-order valence-electron chi connectivity index (χ0n) is 15.7. The first-order chi connectivity index (χ1) is 12.4. The van der Waals surface area contributed by atoms with Crippen LogP contribution >= 0.6 is 0 Å². The minimum absolute atomic E-state index is 0.0587. The third kappa shape index (κ3) is 4.39. The molecule has 0 saturated heterocycles. The normalized spacial score (nSPS) is 11.8. The fourth-order valence-electron chi connectivity index (χ4n) is 2.45. The van der Waals surface area contributed by atoms with Gasteiger partial charge in [0.1, 0.15) is 5.69 Å². The monoisotopic (exact) mass is 356 g/mol. The minimum Gasteiger partial charge on any atom is -0.481 e. The summed E-state index contributed by atoms with van der Waals surface area (Å²) in [4.78, 5) is 28.7. The average molecular weight is 356 g/mol. The van der Waals surface area contributed by atoms with E-state index in [9.17, 15) is 9.59 Å². The summed E-state index contributed by atoms with van der Waals surface area (Å²) in [5.41, 5.74) is 1.94. The lowest BCUT2D eigenvalue weighted by Crippen LogP contribution is -2.19. The van der Waals surface area contributed by atoms with Crippen LogP contribution in [-0.4, -0.2) is 30.9 Å². The molecule has 6 nitrogen and oxygen atoms in total. The topological polar surface area (TPSA) is 77.5 Å². The Hall–Kier alpha value is -2.89. The molecule has 0 spiro atoms. The van der Waals surface area contributed by atoms with Gasteiger partial charge in [0, 0.05) is 17.5 Å². The number of ketones is 1. The Bertz CT molecular complexity index is 785. The maximum absolute atomic E-state index is 12.6. The number of amides is 1. The van der Waals surface area contributed by atoms with E-state index in [2.05, 4.69) is 10.3 Å². The number of ether oxygens (including phenoxy) is 2. The summed E-state index contributed by atoms with van der Waals surface area (Å²) in [6.07, 6.45) is 0. The Kier molecular flexibility index (Phi) is 6.33. The summed E-state index contributed by atoms with van der Waals surface area (Å²) < 4.78 is 10.2. The van der Waals surface area contributed by atoms with Gasteiger partial charge in [-0.25, -0.2) is 0 Å². The number of Topliss-reactive ketones (excluding diaryl/α,β-unsaturated/α-hetero) is 1. The Labute approximate surface area is 153 Å². The Morgan fingerprint density at radius 2 is 1.62 bits per heavy atom. The van der Waals surface area contributed by atoms with Crippen LogP contribution in [0.4, 0.5) is 5.69 Å². The number of methoxy groups -OCH3 is 2. The van der Waals surface area contributed by atoms with Crippen molar-refractivity contribution in [2.45, 2.75) is 26.7 Å². The van der Waals surface area contributed by atoms with E-state index >= 15 is 0 Å². The molecule has 1 aromatic carbocycles. The van der Waals surface area contributed by atoms with Gasteiger partial charge in [0.25, 0.3) is 0 Å². The van der Waals surface area contributed by atoms with Crippen molar-refractivity contribution in [2.24, 2.45) is 5.92 Å². The number of benzene rings is 1. The highest BCUT2D eigenvalue weighted by Crippen LogP contribution is 2.26. The summed E-state index contributed by atoms with van der Waals surface area (Å²) in [5, 5.41) is 2.82. The molecule has 1 atom stereocenters. The van der Waals surface area contributed by atoms with Crippen LogP contribution in [0.1, 0.15) is 42.6 Å². The van der Waals surface area contributed by atoms with Crippen LogP contribution in [0.2, 0.25) is 0 Å². The van der Waals surface area contributed by atoms with Gasteiger partial charge in [-0.2, -0.15) is 4.98 Å². The molecular formula is C20H24N2O4. The van der Waals surface area contributed by atoms with Crippen molar-refractivity contribution in [3.63, 3.8) is 0 Å². The van der Waals surface area contributed by atoms with Crippen LogP contribution in [0.3, 0.4) is 0 Å². The van der Waals surface area contributed by atoms with E-state index in [-0.39, 0.29) is 23.5 Å². The second kappa shape index (κ2) is 8.47. The molecule has 1 N–H and O–H groups in total. The van der Waals surface area contributed by atoms with Crippen molar-refractivity contribution in [2.75, 3.05) is 19.5 Å². The van der Waals surface area contributed by atoms with Gasteiger partial charge in [-0.3, -0.25) is 9.59 Å². The van der Waals surface area contributed by atoms with Gasteiger partial charge in [0.05, 0.1) is 20.1 Å². The fourth-order valence-corrected chi connectivity index (χ4v) is 2.45. The Balaban J connectivity index is 2.13. The summed E-state index contributed by atoms with van der Waals surface area (Å²) in [6, 6.07) is 10.5. The minimum atomic E-state index is -0.398. The SMILES string of the molecule is COc1ccc(NC(=O)C(C)c2ccc(C(=O)C(C)C)cc2)c(OC)n1. The molecule has 0 aliphatic rings. The van der Waals surface area contributed by atoms with Crippen LogP contribution in [0.15, 0.2) is 36.4 Å². The Morgan fingerprint density at radius 3 is 2.15 bits per heavy atom. The molecule has 1 aromatic heterocycles. The van der Waals surface area contributed by atoms with Crippen molar-refractivity contribution >= 4 is 17.4 Å². The highest BCUT2D eigenvalue weighted by molar-refractivity contribution is 5.98. The smallest absolute Gasteiger partial charge is 0.240 e. The number of hydrogen-bond acceptors (Lipinski definition) is 5. The number of carbonyl (C=O) groups is 2. The number of carbonyl (C=O) groups excluding carboxylic acids is 2. The van der Waals surface area contributed by atoms with E-state index in [1.165, 1.54) is 14.2 Å². The first-order valence-electron chi connectivity index (χ1n) is 8.41. The molecule has 2 aromatic rings. The lowest BCUT2D eigenvalue weighted by Gasteiger charge is -2.15. The van der Waals surface area contributed by atoms with E-state index in [1.807, 2.05) is 26.0 Å². The number of pyridine rings is 1. The number of aromatic nitrogens is 1. The van der Waals surface area contributed by atoms with E-state index in [4.69, 9.17) is 9.47 Å². The van der Waals surface area contributed by atoms with Crippen LogP contribution in [0, 0.1) is 5.92 Å². The molecule has 0 aliphatic heterocycles. The summed E-state index contributed by atoms with van der Waals surface area (Å²) >= 11 is 0. The van der Waals surface area contributed by atoms with Crippen LogP contribution in [0.25, 0.3) is 0 Å². The highest BCUT2D eigenvalue weighted by atomic mass is 16.5. The van der Waals surface area contributed by atoms with Crippen LogP contribution in [0.5, 0.6) is 11.8 Å². The first-order valence-corrected chi connectivity index (χ1v) is 8.41. The summed E-state index contributed by atoms with van der Waals surface area (Å²) in [5.74, 6) is 0.114. The molecule has 1 unspecified atom stereocenters. The number of hydrogen-bond donors (Lipinski definition) is 1. The van der Waals surface area contributed by atoms with Crippen molar-refractivity contribution in [1.29, 1.82) is 0 Å². The van der Waals surface area contributed by atoms with Crippen molar-refractivity contribution in [3.8, 4) is 11.8 Å². The van der Waals surface area contributed by atoms with Crippen molar-refractivity contribution < 1.29 is 19.1 Å². The third-order valence-electron chi connectivity index (χ3n) is 4.11. The molecule has 0 bridgehead atoms. The maximum Gasteiger partial charge on any atom is 0.240 e. The number of anilines is 1. The predicted molar refractivity (Wildman–Crippen MR) is 100.0 cm³/mol. The highest BCUT2D eigenvalue weighted by Gasteiger charge is 2.19. The van der Waals surface area contributed by atoms with Crippen LogP contribution in [-0.2, 0) is 4.79 Å². The molecular weight excluding hydrogens is 332 g/mol. The zero-order chi connectivity index (χ0) is 19.3. The van der Waals surface area contributed by atoms with Gasteiger partial charge in [0.15, 0.2) is 5.78 Å². The number of nitrogens with one attached hydrogen (secondary N) is 1. The maximum atomic E-state index is 12.6. The molecule has 0 aliphatic carbocycles. The lowest BCUT2D eigenvalue weighted by molar-refractivity contribution is -0.117. The zero-order valence-corrected chi connectivity index (χ0v) is 15.7. The predicted octanol–water partition coefficient (Wildman–Crippen LogP) is 3.68. The van der Waals surface area contributed by atoms with E-state index in [0.717, 1.165) is 5.56 Å². The van der Waals surface area contributed by atoms with Gasteiger partial charge in [-0.05, 0) is 18.6 Å². The molecule has 138 valence electrons. The standard InChI is InChI=1S/C20H24N2O4/c1-12(2)18(23)15-8-6-14(7-9-15)13(3)19(24)21-16-10-11-17(25-4)22-20(16)26-5/h6-13H,1-5H3,(H,21,24). The van der Waals surface area contributed by atoms with Gasteiger partial charge in [0.2, 0.25) is 17.7 Å². The second-order valence-electron chi connectivity index (χ2n) is 6.26. The van der Waals surface area contributed by atoms with Gasteiger partial charge in [-0.15, -0.1) is 0 Å². The number of nitrogens with zero attached hydrogens (tertiary/aromatic N) is 1. The van der Waals surface area contributed by atoms with Gasteiger partial charge >= 0.3 is 0 Å². The van der Waals surface area contributed by atoms with E-state index in [1.54, 1.807) is 31.2 Å². The molecule has 1 heterocycles. The lowest BCUT2D eigenvalue weighted by atomic mass is 9.95. The molecule has 2 rings (SSSR count). The van der Waals surface area contributed by atoms with Crippen molar-refractivity contribution in [3.05, 3.63) is 47.5 Å². The van der Waals surface area contributed by atoms with Crippen LogP contribution < -0.4 is 14.8 Å². The molecule has 1 amide bonds. The summed E-state index contributed by atoms with van der Waals surface area (Å²) in [6.45, 7) is 5.53. The molecule has 0 saturated carbocycles. The first kappa shape index (κ1) is 19.4. The van der Waals surface area contributed by atoms with E-state index in [0.29, 0.717) is 17.1 Å². The van der Waals surface area contributed by atoms with Gasteiger partial charge in [-0.1, -0.05) is 38.1 Å². The second-order valence-corrected chi connectivity index (χ2v) is 6.26. The molecule has 0 fully saturated rings. The Morgan fingerprint density at radius 1 is 0.962 bits per heavy atom. The average Bonchev–Trinajstić information content (AvgIpc) is 2.67. The molecule has 0 radical (unpaired) electrons. The largest absolute Gasteiger partial charge is 0.481 e. The molecule has 26 heavy (non-hydrogen) atoms. The quantitative estimate of drug-likeness (QED) is 0.766. The van der Waals surface area contributed by atoms with Gasteiger partial charge < -0.3 is 14.8 Å². The fraction of sp³-hybridized carbons (Fsp3) is 0.350. The number of rotatable bonds is 7.